The van der Waals surface area contributed by atoms with Crippen molar-refractivity contribution in [2.75, 3.05) is 12.4 Å². The molecule has 3 heterocycles. The number of carbonyl (C=O) groups excluding carboxylic acids is 1. The van der Waals surface area contributed by atoms with Gasteiger partial charge in [0.25, 0.3) is 5.91 Å². The Balaban J connectivity index is 1.75. The quantitative estimate of drug-likeness (QED) is 0.741. The monoisotopic (exact) mass is 389 g/mol. The molecule has 1 N–H and O–H groups in total. The van der Waals surface area contributed by atoms with Crippen molar-refractivity contribution in [2.45, 2.75) is 11.5 Å². The van der Waals surface area contributed by atoms with Gasteiger partial charge < -0.3 is 10.1 Å². The SMILES string of the molecule is COc1nn(C)cc1C(=O)Nc1c2c(nn1-c1cccc(Cl)c1)CSC2. The highest BCUT2D eigenvalue weighted by Crippen LogP contribution is 2.36. The molecule has 0 radical (unpaired) electrons. The third kappa shape index (κ3) is 2.95. The van der Waals surface area contributed by atoms with E-state index in [2.05, 4.69) is 15.5 Å². The number of nitrogens with zero attached hydrogens (tertiary/aromatic N) is 4. The summed E-state index contributed by atoms with van der Waals surface area (Å²) in [7, 11) is 3.23. The minimum Gasteiger partial charge on any atom is -0.479 e. The number of halogens is 1. The molecule has 0 aliphatic carbocycles. The minimum absolute atomic E-state index is 0.282. The minimum atomic E-state index is -0.294. The van der Waals surface area contributed by atoms with Gasteiger partial charge in [0.05, 0.1) is 18.5 Å². The molecule has 1 aromatic carbocycles. The molecule has 0 atom stereocenters. The summed E-state index contributed by atoms with van der Waals surface area (Å²) in [6.45, 7) is 0. The number of benzene rings is 1. The van der Waals surface area contributed by atoms with E-state index in [0.29, 0.717) is 16.4 Å². The molecule has 0 unspecified atom stereocenters. The molecule has 1 amide bonds. The molecule has 4 rings (SSSR count). The molecule has 0 fully saturated rings. The van der Waals surface area contributed by atoms with Gasteiger partial charge in [-0.15, -0.1) is 5.10 Å². The number of rotatable bonds is 4. The largest absolute Gasteiger partial charge is 0.479 e. The van der Waals surface area contributed by atoms with E-state index >= 15 is 0 Å². The maximum atomic E-state index is 12.8. The van der Waals surface area contributed by atoms with E-state index in [4.69, 9.17) is 16.3 Å². The number of hydrogen-bond acceptors (Lipinski definition) is 5. The van der Waals surface area contributed by atoms with Gasteiger partial charge in [-0.3, -0.25) is 9.48 Å². The first-order valence-corrected chi connectivity index (χ1v) is 9.43. The number of fused-ring (bicyclic) bond motifs is 1. The number of aryl methyl sites for hydroxylation is 1. The highest BCUT2D eigenvalue weighted by atomic mass is 35.5. The second-order valence-corrected chi connectivity index (χ2v) is 7.26. The van der Waals surface area contributed by atoms with E-state index in [1.54, 1.807) is 40.4 Å². The average Bonchev–Trinajstić information content (AvgIpc) is 3.30. The first-order valence-electron chi connectivity index (χ1n) is 7.90. The van der Waals surface area contributed by atoms with Gasteiger partial charge in [0.2, 0.25) is 5.88 Å². The van der Waals surface area contributed by atoms with Crippen LogP contribution in [0.25, 0.3) is 5.69 Å². The highest BCUT2D eigenvalue weighted by molar-refractivity contribution is 7.98. The topological polar surface area (TPSA) is 74.0 Å². The third-order valence-corrected chi connectivity index (χ3v) is 5.27. The number of thioether (sulfide) groups is 1. The van der Waals surface area contributed by atoms with Crippen LogP contribution in [0.5, 0.6) is 5.88 Å². The number of amides is 1. The van der Waals surface area contributed by atoms with Crippen molar-refractivity contribution in [1.29, 1.82) is 0 Å². The van der Waals surface area contributed by atoms with E-state index in [-0.39, 0.29) is 11.8 Å². The molecule has 0 spiro atoms. The standard InChI is InChI=1S/C17H16ClN5O2S/c1-22-7-12(17(21-22)25-2)16(24)19-15-13-8-26-9-14(13)20-23(15)11-5-3-4-10(18)6-11/h3-7H,8-9H2,1-2H3,(H,19,24). The fourth-order valence-electron chi connectivity index (χ4n) is 2.89. The fraction of sp³-hybridized carbons (Fsp3) is 0.235. The van der Waals surface area contributed by atoms with Crippen LogP contribution in [0.3, 0.4) is 0 Å². The number of carbonyl (C=O) groups is 1. The first kappa shape index (κ1) is 17.0. The zero-order valence-electron chi connectivity index (χ0n) is 14.2. The van der Waals surface area contributed by atoms with Crippen molar-refractivity contribution in [3.05, 3.63) is 52.3 Å². The van der Waals surface area contributed by atoms with E-state index in [0.717, 1.165) is 28.5 Å². The maximum Gasteiger partial charge on any atom is 0.263 e. The smallest absolute Gasteiger partial charge is 0.263 e. The van der Waals surface area contributed by atoms with Crippen LogP contribution in [0.2, 0.25) is 5.02 Å². The van der Waals surface area contributed by atoms with E-state index in [1.165, 1.54) is 7.11 Å². The summed E-state index contributed by atoms with van der Waals surface area (Å²) in [5.41, 5.74) is 3.17. The predicted molar refractivity (Wildman–Crippen MR) is 101 cm³/mol. The van der Waals surface area contributed by atoms with Crippen LogP contribution in [0, 0.1) is 0 Å². The van der Waals surface area contributed by atoms with Crippen LogP contribution in [0.15, 0.2) is 30.5 Å². The molecule has 0 bridgehead atoms. The van der Waals surface area contributed by atoms with Crippen molar-refractivity contribution >= 4 is 35.1 Å². The summed E-state index contributed by atoms with van der Waals surface area (Å²) in [4.78, 5) is 12.8. The molecule has 3 aromatic rings. The molecule has 1 aliphatic heterocycles. The summed E-state index contributed by atoms with van der Waals surface area (Å²) < 4.78 is 8.47. The summed E-state index contributed by atoms with van der Waals surface area (Å²) in [5, 5.41) is 12.4. The number of anilines is 1. The lowest BCUT2D eigenvalue weighted by atomic mass is 10.2. The van der Waals surface area contributed by atoms with Crippen LogP contribution >= 0.6 is 23.4 Å². The van der Waals surface area contributed by atoms with Crippen LogP contribution in [0.1, 0.15) is 21.6 Å². The molecule has 26 heavy (non-hydrogen) atoms. The number of nitrogens with one attached hydrogen (secondary N) is 1. The maximum absolute atomic E-state index is 12.8. The second kappa shape index (κ2) is 6.69. The summed E-state index contributed by atoms with van der Waals surface area (Å²) in [5.74, 6) is 2.27. The summed E-state index contributed by atoms with van der Waals surface area (Å²) in [6.07, 6.45) is 1.63. The zero-order chi connectivity index (χ0) is 18.3. The number of methoxy groups -OCH3 is 1. The molecule has 2 aromatic heterocycles. The number of hydrogen-bond donors (Lipinski definition) is 1. The van der Waals surface area contributed by atoms with Crippen molar-refractivity contribution in [1.82, 2.24) is 19.6 Å². The second-order valence-electron chi connectivity index (χ2n) is 5.84. The van der Waals surface area contributed by atoms with Gasteiger partial charge in [0, 0.05) is 35.3 Å². The molecule has 1 aliphatic rings. The van der Waals surface area contributed by atoms with Gasteiger partial charge in [-0.2, -0.15) is 16.9 Å². The lowest BCUT2D eigenvalue weighted by molar-refractivity contribution is 0.102. The number of ether oxygens (including phenoxy) is 1. The third-order valence-electron chi connectivity index (χ3n) is 4.07. The van der Waals surface area contributed by atoms with Gasteiger partial charge in [-0.1, -0.05) is 17.7 Å². The van der Waals surface area contributed by atoms with Gasteiger partial charge in [0.15, 0.2) is 0 Å². The summed E-state index contributed by atoms with van der Waals surface area (Å²) in [6, 6.07) is 7.38. The van der Waals surface area contributed by atoms with E-state index < -0.39 is 0 Å². The first-order chi connectivity index (χ1) is 12.6. The van der Waals surface area contributed by atoms with Crippen LogP contribution in [-0.4, -0.2) is 32.6 Å². The average molecular weight is 390 g/mol. The van der Waals surface area contributed by atoms with Gasteiger partial charge in [0.1, 0.15) is 11.4 Å². The van der Waals surface area contributed by atoms with Gasteiger partial charge >= 0.3 is 0 Å². The Morgan fingerprint density at radius 1 is 1.35 bits per heavy atom. The highest BCUT2D eigenvalue weighted by Gasteiger charge is 2.26. The lowest BCUT2D eigenvalue weighted by Gasteiger charge is -2.11. The Bertz CT molecular complexity index is 997. The van der Waals surface area contributed by atoms with Crippen molar-refractivity contribution in [3.8, 4) is 11.6 Å². The normalized spacial score (nSPS) is 12.9. The Morgan fingerprint density at radius 3 is 2.96 bits per heavy atom. The van der Waals surface area contributed by atoms with E-state index in [9.17, 15) is 4.79 Å². The predicted octanol–water partition coefficient (Wildman–Crippen LogP) is 3.27. The molecular formula is C17H16ClN5O2S. The Hall–Kier alpha value is -2.45. The molecule has 0 saturated carbocycles. The Labute approximate surface area is 159 Å². The number of aromatic nitrogens is 4. The Morgan fingerprint density at radius 2 is 2.19 bits per heavy atom. The van der Waals surface area contributed by atoms with Crippen LogP contribution in [0.4, 0.5) is 5.82 Å². The van der Waals surface area contributed by atoms with Crippen molar-refractivity contribution < 1.29 is 9.53 Å². The van der Waals surface area contributed by atoms with E-state index in [1.807, 2.05) is 18.2 Å². The van der Waals surface area contributed by atoms with Gasteiger partial charge in [-0.05, 0) is 18.2 Å². The van der Waals surface area contributed by atoms with Crippen molar-refractivity contribution in [3.63, 3.8) is 0 Å². The van der Waals surface area contributed by atoms with Gasteiger partial charge in [-0.25, -0.2) is 4.68 Å². The molecule has 134 valence electrons. The summed E-state index contributed by atoms with van der Waals surface area (Å²) >= 11 is 7.90. The fourth-order valence-corrected chi connectivity index (χ4v) is 4.10. The zero-order valence-corrected chi connectivity index (χ0v) is 15.8. The van der Waals surface area contributed by atoms with Crippen molar-refractivity contribution in [2.24, 2.45) is 7.05 Å². The molecule has 0 saturated heterocycles. The Kier molecular flexibility index (Phi) is 4.37. The van der Waals surface area contributed by atoms with Crippen LogP contribution < -0.4 is 10.1 Å². The molecule has 9 heteroatoms. The molecular weight excluding hydrogens is 374 g/mol. The molecule has 7 nitrogen and oxygen atoms in total. The lowest BCUT2D eigenvalue weighted by Crippen LogP contribution is -2.16. The van der Waals surface area contributed by atoms with Crippen LogP contribution in [-0.2, 0) is 18.6 Å².